The van der Waals surface area contributed by atoms with Gasteiger partial charge in [-0.2, -0.15) is 11.8 Å². The molecular formula is C13H16N2S2. The quantitative estimate of drug-likeness (QED) is 0.830. The van der Waals surface area contributed by atoms with E-state index in [1.165, 1.54) is 35.2 Å². The van der Waals surface area contributed by atoms with Crippen LogP contribution in [0, 0.1) is 11.7 Å². The molecule has 1 aliphatic heterocycles. The summed E-state index contributed by atoms with van der Waals surface area (Å²) in [7, 11) is 0. The smallest absolute Gasteiger partial charge is 0.178 e. The molecule has 0 aliphatic carbocycles. The fourth-order valence-electron chi connectivity index (χ4n) is 2.50. The highest BCUT2D eigenvalue weighted by molar-refractivity contribution is 8.00. The molecule has 0 radical (unpaired) electrons. The minimum absolute atomic E-state index is 0.737. The first-order valence-electron chi connectivity index (χ1n) is 6.05. The van der Waals surface area contributed by atoms with Crippen molar-refractivity contribution in [1.82, 2.24) is 9.55 Å². The van der Waals surface area contributed by atoms with E-state index in [1.807, 2.05) is 0 Å². The van der Waals surface area contributed by atoms with E-state index in [-0.39, 0.29) is 0 Å². The summed E-state index contributed by atoms with van der Waals surface area (Å²) in [5, 5.41) is 0.737. The van der Waals surface area contributed by atoms with Gasteiger partial charge in [0.2, 0.25) is 0 Å². The number of para-hydroxylation sites is 1. The molecule has 1 N–H and O–H groups in total. The third-order valence-electron chi connectivity index (χ3n) is 3.43. The lowest BCUT2D eigenvalue weighted by atomic mass is 10.2. The van der Waals surface area contributed by atoms with Crippen LogP contribution in [0.5, 0.6) is 0 Å². The Morgan fingerprint density at radius 2 is 2.41 bits per heavy atom. The van der Waals surface area contributed by atoms with Gasteiger partial charge in [-0.1, -0.05) is 12.1 Å². The van der Waals surface area contributed by atoms with E-state index in [9.17, 15) is 0 Å². The van der Waals surface area contributed by atoms with E-state index in [0.717, 1.165) is 16.6 Å². The minimum atomic E-state index is 0.737. The molecule has 1 unspecified atom stereocenters. The van der Waals surface area contributed by atoms with Gasteiger partial charge < -0.3 is 9.55 Å². The molecule has 2 heterocycles. The zero-order valence-corrected chi connectivity index (χ0v) is 11.5. The van der Waals surface area contributed by atoms with Crippen molar-refractivity contribution in [3.63, 3.8) is 0 Å². The summed E-state index contributed by atoms with van der Waals surface area (Å²) >= 11 is 7.53. The number of H-pyrrole nitrogens is 1. The fourth-order valence-corrected chi connectivity index (χ4v) is 4.03. The van der Waals surface area contributed by atoms with Gasteiger partial charge in [-0.05, 0) is 49.4 Å². The summed E-state index contributed by atoms with van der Waals surface area (Å²) in [5.41, 5.74) is 3.72. The van der Waals surface area contributed by atoms with Crippen LogP contribution in [0.1, 0.15) is 18.4 Å². The van der Waals surface area contributed by atoms with Crippen molar-refractivity contribution in [2.45, 2.75) is 31.6 Å². The molecule has 0 bridgehead atoms. The van der Waals surface area contributed by atoms with Crippen LogP contribution in [-0.2, 0) is 6.54 Å². The number of thioether (sulfide) groups is 1. The Hall–Kier alpha value is -0.740. The molecule has 2 nitrogen and oxygen atoms in total. The molecule has 2 aromatic rings. The lowest BCUT2D eigenvalue weighted by Gasteiger charge is -2.10. The summed E-state index contributed by atoms with van der Waals surface area (Å²) < 4.78 is 3.13. The molecule has 0 spiro atoms. The van der Waals surface area contributed by atoms with Crippen molar-refractivity contribution in [2.24, 2.45) is 0 Å². The molecule has 1 atom stereocenters. The van der Waals surface area contributed by atoms with Crippen LogP contribution in [0.15, 0.2) is 18.2 Å². The summed E-state index contributed by atoms with van der Waals surface area (Å²) in [4.78, 5) is 3.34. The highest BCUT2D eigenvalue weighted by Crippen LogP contribution is 2.29. The number of aromatic amines is 1. The van der Waals surface area contributed by atoms with E-state index >= 15 is 0 Å². The van der Waals surface area contributed by atoms with Crippen LogP contribution in [0.25, 0.3) is 11.0 Å². The van der Waals surface area contributed by atoms with Gasteiger partial charge in [-0.15, -0.1) is 0 Å². The number of rotatable bonds is 2. The zero-order valence-electron chi connectivity index (χ0n) is 9.90. The second-order valence-corrected chi connectivity index (χ2v) is 6.44. The van der Waals surface area contributed by atoms with Gasteiger partial charge in [0.15, 0.2) is 4.77 Å². The van der Waals surface area contributed by atoms with Crippen molar-refractivity contribution in [3.05, 3.63) is 28.5 Å². The molecule has 1 aromatic carbocycles. The highest BCUT2D eigenvalue weighted by Gasteiger charge is 2.17. The van der Waals surface area contributed by atoms with E-state index in [0.29, 0.717) is 0 Å². The molecular weight excluding hydrogens is 248 g/mol. The molecule has 1 saturated heterocycles. The van der Waals surface area contributed by atoms with Crippen molar-refractivity contribution in [2.75, 3.05) is 5.75 Å². The van der Waals surface area contributed by atoms with Gasteiger partial charge in [-0.25, -0.2) is 0 Å². The summed E-state index contributed by atoms with van der Waals surface area (Å²) in [6.45, 7) is 3.18. The molecule has 0 saturated carbocycles. The van der Waals surface area contributed by atoms with E-state index in [2.05, 4.69) is 46.4 Å². The Balaban J connectivity index is 2.06. The van der Waals surface area contributed by atoms with Crippen LogP contribution in [0.3, 0.4) is 0 Å². The van der Waals surface area contributed by atoms with Gasteiger partial charge in [0.05, 0.1) is 11.0 Å². The zero-order chi connectivity index (χ0) is 11.8. The Kier molecular flexibility index (Phi) is 3.01. The maximum absolute atomic E-state index is 5.45. The maximum Gasteiger partial charge on any atom is 0.178 e. The number of aryl methyl sites for hydroxylation is 1. The van der Waals surface area contributed by atoms with E-state index in [1.54, 1.807) is 0 Å². The maximum atomic E-state index is 5.45. The average Bonchev–Trinajstić information content (AvgIpc) is 2.91. The summed E-state index contributed by atoms with van der Waals surface area (Å²) in [6.07, 6.45) is 2.68. The third-order valence-corrected chi connectivity index (χ3v) is 5.13. The van der Waals surface area contributed by atoms with Crippen molar-refractivity contribution >= 4 is 35.0 Å². The SMILES string of the molecule is Cc1cccc2c1[nH]c(=S)n2CC1CCCS1. The molecule has 90 valence electrons. The first kappa shape index (κ1) is 11.4. The predicted molar refractivity (Wildman–Crippen MR) is 77.3 cm³/mol. The van der Waals surface area contributed by atoms with Crippen LogP contribution >= 0.6 is 24.0 Å². The first-order chi connectivity index (χ1) is 8.25. The number of nitrogens with one attached hydrogen (secondary N) is 1. The molecule has 0 amide bonds. The van der Waals surface area contributed by atoms with Crippen molar-refractivity contribution in [3.8, 4) is 0 Å². The standard InChI is InChI=1S/C13H16N2S2/c1-9-4-2-6-11-12(9)14-13(16)15(11)8-10-5-3-7-17-10/h2,4,6,10H,3,5,7-8H2,1H3,(H,14,16). The van der Waals surface area contributed by atoms with Gasteiger partial charge in [0.1, 0.15) is 0 Å². The minimum Gasteiger partial charge on any atom is -0.330 e. The normalized spacial score (nSPS) is 20.2. The predicted octanol–water partition coefficient (Wildman–Crippen LogP) is 3.90. The van der Waals surface area contributed by atoms with E-state index in [4.69, 9.17) is 12.2 Å². The number of nitrogens with zero attached hydrogens (tertiary/aromatic N) is 1. The Morgan fingerprint density at radius 3 is 3.18 bits per heavy atom. The Labute approximate surface area is 110 Å². The Bertz CT molecular complexity index is 591. The Morgan fingerprint density at radius 1 is 1.53 bits per heavy atom. The number of hydrogen-bond acceptors (Lipinski definition) is 2. The lowest BCUT2D eigenvalue weighted by Crippen LogP contribution is -2.09. The monoisotopic (exact) mass is 264 g/mol. The molecule has 17 heavy (non-hydrogen) atoms. The average molecular weight is 264 g/mol. The molecule has 3 rings (SSSR count). The van der Waals surface area contributed by atoms with Gasteiger partial charge >= 0.3 is 0 Å². The number of aromatic nitrogens is 2. The largest absolute Gasteiger partial charge is 0.330 e. The highest BCUT2D eigenvalue weighted by atomic mass is 32.2. The molecule has 4 heteroatoms. The third kappa shape index (κ3) is 2.04. The van der Waals surface area contributed by atoms with Crippen LogP contribution in [0.4, 0.5) is 0 Å². The lowest BCUT2D eigenvalue weighted by molar-refractivity contribution is 0.645. The van der Waals surface area contributed by atoms with Gasteiger partial charge in [0.25, 0.3) is 0 Å². The van der Waals surface area contributed by atoms with E-state index < -0.39 is 0 Å². The number of hydrogen-bond donors (Lipinski definition) is 1. The van der Waals surface area contributed by atoms with Crippen molar-refractivity contribution in [1.29, 1.82) is 0 Å². The summed E-state index contributed by atoms with van der Waals surface area (Å²) in [5.74, 6) is 1.30. The van der Waals surface area contributed by atoms with Crippen LogP contribution < -0.4 is 0 Å². The van der Waals surface area contributed by atoms with Crippen LogP contribution in [0.2, 0.25) is 0 Å². The fraction of sp³-hybridized carbons (Fsp3) is 0.462. The first-order valence-corrected chi connectivity index (χ1v) is 7.51. The second-order valence-electron chi connectivity index (χ2n) is 4.64. The molecule has 1 aliphatic rings. The topological polar surface area (TPSA) is 20.7 Å². The number of imidazole rings is 1. The number of fused-ring (bicyclic) bond motifs is 1. The molecule has 1 aromatic heterocycles. The summed E-state index contributed by atoms with van der Waals surface area (Å²) in [6, 6.07) is 6.40. The van der Waals surface area contributed by atoms with Gasteiger partial charge in [-0.3, -0.25) is 0 Å². The number of benzene rings is 1. The van der Waals surface area contributed by atoms with Crippen molar-refractivity contribution < 1.29 is 0 Å². The second kappa shape index (κ2) is 4.50. The van der Waals surface area contributed by atoms with Crippen LogP contribution in [-0.4, -0.2) is 20.6 Å². The molecule has 1 fully saturated rings. The van der Waals surface area contributed by atoms with Gasteiger partial charge in [0, 0.05) is 11.8 Å².